The van der Waals surface area contributed by atoms with Crippen LogP contribution >= 0.6 is 0 Å². The maximum Gasteiger partial charge on any atom is 0.416 e. The van der Waals surface area contributed by atoms with Gasteiger partial charge < -0.3 is 9.84 Å². The second kappa shape index (κ2) is 8.55. The van der Waals surface area contributed by atoms with Crippen molar-refractivity contribution in [2.24, 2.45) is 0 Å². The van der Waals surface area contributed by atoms with Crippen molar-refractivity contribution in [3.05, 3.63) is 71.3 Å². The number of carboxylic acid groups (broad SMARTS) is 1. The number of carboxylic acids is 1. The van der Waals surface area contributed by atoms with Crippen LogP contribution in [0.4, 0.5) is 13.2 Å². The molecule has 1 atom stereocenters. The lowest BCUT2D eigenvalue weighted by molar-refractivity contribution is -0.144. The summed E-state index contributed by atoms with van der Waals surface area (Å²) in [6, 6.07) is 12.7. The van der Waals surface area contributed by atoms with Crippen molar-refractivity contribution in [2.45, 2.75) is 37.3 Å². The van der Waals surface area contributed by atoms with E-state index in [0.29, 0.717) is 32.5 Å². The van der Waals surface area contributed by atoms with Crippen LogP contribution in [-0.4, -0.2) is 58.2 Å². The number of likely N-dealkylation sites (tertiary alicyclic amines) is 1. The Kier molecular flexibility index (Phi) is 5.96. The lowest BCUT2D eigenvalue weighted by Gasteiger charge is -2.44. The third-order valence-electron chi connectivity index (χ3n) is 6.09. The SMILES string of the molecule is O=C(O)C1COC2(CCN(Cc3ccccc3)CC2)N1C(=O)c1cccc(C(F)(F)F)c1. The molecule has 0 bridgehead atoms. The van der Waals surface area contributed by atoms with Gasteiger partial charge in [-0.25, -0.2) is 4.79 Å². The van der Waals surface area contributed by atoms with Crippen LogP contribution in [-0.2, 0) is 22.3 Å². The van der Waals surface area contributed by atoms with E-state index in [0.717, 1.165) is 28.7 Å². The fraction of sp³-hybridized carbons (Fsp3) is 0.391. The first-order chi connectivity index (χ1) is 15.2. The molecule has 0 aliphatic carbocycles. The van der Waals surface area contributed by atoms with Gasteiger partial charge in [0.25, 0.3) is 5.91 Å². The summed E-state index contributed by atoms with van der Waals surface area (Å²) in [5.41, 5.74) is -1.18. The minimum absolute atomic E-state index is 0.196. The topological polar surface area (TPSA) is 70.1 Å². The number of nitrogens with zero attached hydrogens (tertiary/aromatic N) is 2. The molecule has 0 saturated carbocycles. The predicted molar refractivity (Wildman–Crippen MR) is 109 cm³/mol. The molecule has 2 aromatic carbocycles. The molecular weight excluding hydrogens is 425 g/mol. The fourth-order valence-electron chi connectivity index (χ4n) is 4.43. The zero-order chi connectivity index (χ0) is 22.9. The van der Waals surface area contributed by atoms with Crippen LogP contribution in [0.3, 0.4) is 0 Å². The largest absolute Gasteiger partial charge is 0.480 e. The number of carbonyl (C=O) groups excluding carboxylic acids is 1. The van der Waals surface area contributed by atoms with Crippen molar-refractivity contribution in [3.8, 4) is 0 Å². The zero-order valence-electron chi connectivity index (χ0n) is 17.2. The van der Waals surface area contributed by atoms with Crippen LogP contribution < -0.4 is 0 Å². The zero-order valence-corrected chi connectivity index (χ0v) is 17.2. The quantitative estimate of drug-likeness (QED) is 0.774. The smallest absolute Gasteiger partial charge is 0.416 e. The molecule has 4 rings (SSSR count). The second-order valence-electron chi connectivity index (χ2n) is 8.13. The van der Waals surface area contributed by atoms with Gasteiger partial charge in [0.2, 0.25) is 0 Å². The number of hydrogen-bond acceptors (Lipinski definition) is 4. The first kappa shape index (κ1) is 22.3. The van der Waals surface area contributed by atoms with Gasteiger partial charge in [0.1, 0.15) is 5.72 Å². The van der Waals surface area contributed by atoms with Gasteiger partial charge in [-0.1, -0.05) is 36.4 Å². The van der Waals surface area contributed by atoms with E-state index >= 15 is 0 Å². The highest BCUT2D eigenvalue weighted by Gasteiger charge is 2.54. The molecular formula is C23H23F3N2O4. The van der Waals surface area contributed by atoms with Crippen molar-refractivity contribution in [2.75, 3.05) is 19.7 Å². The van der Waals surface area contributed by atoms with E-state index in [4.69, 9.17) is 4.74 Å². The lowest BCUT2D eigenvalue weighted by atomic mass is 9.96. The summed E-state index contributed by atoms with van der Waals surface area (Å²) in [4.78, 5) is 28.5. The minimum Gasteiger partial charge on any atom is -0.480 e. The summed E-state index contributed by atoms with van der Waals surface area (Å²) in [6.07, 6.45) is -3.87. The molecule has 1 N–H and O–H groups in total. The molecule has 1 spiro atoms. The molecule has 2 heterocycles. The van der Waals surface area contributed by atoms with Crippen LogP contribution in [0.25, 0.3) is 0 Å². The number of benzene rings is 2. The van der Waals surface area contributed by atoms with E-state index in [1.807, 2.05) is 30.3 Å². The Morgan fingerprint density at radius 1 is 1.06 bits per heavy atom. The summed E-state index contributed by atoms with van der Waals surface area (Å²) >= 11 is 0. The number of carbonyl (C=O) groups is 2. The van der Waals surface area contributed by atoms with E-state index in [-0.39, 0.29) is 12.2 Å². The van der Waals surface area contributed by atoms with Gasteiger partial charge in [-0.2, -0.15) is 13.2 Å². The molecule has 0 radical (unpaired) electrons. The van der Waals surface area contributed by atoms with Gasteiger partial charge in [0.05, 0.1) is 12.2 Å². The summed E-state index contributed by atoms with van der Waals surface area (Å²) in [5, 5.41) is 9.66. The van der Waals surface area contributed by atoms with Crippen molar-refractivity contribution in [1.29, 1.82) is 0 Å². The molecule has 9 heteroatoms. The number of piperidine rings is 1. The molecule has 32 heavy (non-hydrogen) atoms. The number of ether oxygens (including phenoxy) is 1. The molecule has 2 fully saturated rings. The van der Waals surface area contributed by atoms with Crippen LogP contribution in [0.15, 0.2) is 54.6 Å². The van der Waals surface area contributed by atoms with Crippen molar-refractivity contribution in [1.82, 2.24) is 9.80 Å². The lowest BCUT2D eigenvalue weighted by Crippen LogP contribution is -2.58. The normalized spacial score (nSPS) is 21.1. The summed E-state index contributed by atoms with van der Waals surface area (Å²) < 4.78 is 45.3. The monoisotopic (exact) mass is 448 g/mol. The molecule has 6 nitrogen and oxygen atoms in total. The maximum atomic E-state index is 13.3. The maximum absolute atomic E-state index is 13.3. The van der Waals surface area contributed by atoms with Gasteiger partial charge in [-0.15, -0.1) is 0 Å². The van der Waals surface area contributed by atoms with Crippen molar-refractivity contribution < 1.29 is 32.6 Å². The summed E-state index contributed by atoms with van der Waals surface area (Å²) in [6.45, 7) is 1.64. The third-order valence-corrected chi connectivity index (χ3v) is 6.09. The number of halogens is 3. The van der Waals surface area contributed by atoms with Crippen LogP contribution in [0.5, 0.6) is 0 Å². The van der Waals surface area contributed by atoms with Crippen LogP contribution in [0.2, 0.25) is 0 Å². The number of hydrogen-bond donors (Lipinski definition) is 1. The molecule has 170 valence electrons. The highest BCUT2D eigenvalue weighted by atomic mass is 19.4. The molecule has 2 aliphatic rings. The van der Waals surface area contributed by atoms with Gasteiger partial charge in [0, 0.05) is 38.0 Å². The molecule has 1 unspecified atom stereocenters. The van der Waals surface area contributed by atoms with E-state index in [9.17, 15) is 27.9 Å². The highest BCUT2D eigenvalue weighted by molar-refractivity contribution is 5.97. The number of rotatable bonds is 4. The highest BCUT2D eigenvalue weighted by Crippen LogP contribution is 2.39. The van der Waals surface area contributed by atoms with Gasteiger partial charge in [-0.05, 0) is 23.8 Å². The fourth-order valence-corrected chi connectivity index (χ4v) is 4.43. The molecule has 2 aliphatic heterocycles. The van der Waals surface area contributed by atoms with Crippen molar-refractivity contribution >= 4 is 11.9 Å². The first-order valence-corrected chi connectivity index (χ1v) is 10.3. The Hall–Kier alpha value is -2.91. The number of amides is 1. The number of alkyl halides is 3. The van der Waals surface area contributed by atoms with Gasteiger partial charge >= 0.3 is 12.1 Å². The average Bonchev–Trinajstić information content (AvgIpc) is 3.14. The Balaban J connectivity index is 1.56. The van der Waals surface area contributed by atoms with E-state index in [1.165, 1.54) is 6.07 Å². The van der Waals surface area contributed by atoms with E-state index < -0.39 is 35.4 Å². The molecule has 2 saturated heterocycles. The Labute approximate surface area is 183 Å². The van der Waals surface area contributed by atoms with Gasteiger partial charge in [-0.3, -0.25) is 14.6 Å². The Bertz CT molecular complexity index is 988. The Morgan fingerprint density at radius 2 is 1.75 bits per heavy atom. The molecule has 1 amide bonds. The van der Waals surface area contributed by atoms with Crippen molar-refractivity contribution in [3.63, 3.8) is 0 Å². The summed E-state index contributed by atoms with van der Waals surface area (Å²) in [5.74, 6) is -2.01. The van der Waals surface area contributed by atoms with Gasteiger partial charge in [0.15, 0.2) is 6.04 Å². The third kappa shape index (κ3) is 4.35. The van der Waals surface area contributed by atoms with Crippen LogP contribution in [0.1, 0.15) is 34.3 Å². The Morgan fingerprint density at radius 3 is 2.38 bits per heavy atom. The number of aliphatic carboxylic acids is 1. The average molecular weight is 448 g/mol. The molecule has 2 aromatic rings. The van der Waals surface area contributed by atoms with Crippen LogP contribution in [0, 0.1) is 0 Å². The predicted octanol–water partition coefficient (Wildman–Crippen LogP) is 3.62. The standard InChI is InChI=1S/C23H23F3N2O4/c24-23(25,26)18-8-4-7-17(13-18)20(29)28-19(21(30)31)15-32-22(28)9-11-27(12-10-22)14-16-5-2-1-3-6-16/h1-8,13,19H,9-12,14-15H2,(H,30,31). The summed E-state index contributed by atoms with van der Waals surface area (Å²) in [7, 11) is 0. The van der Waals surface area contributed by atoms with E-state index in [2.05, 4.69) is 4.90 Å². The van der Waals surface area contributed by atoms with E-state index in [1.54, 1.807) is 0 Å². The molecule has 0 aromatic heterocycles. The minimum atomic E-state index is -4.61. The second-order valence-corrected chi connectivity index (χ2v) is 8.13. The first-order valence-electron chi connectivity index (χ1n) is 10.3.